The van der Waals surface area contributed by atoms with Crippen molar-refractivity contribution in [3.63, 3.8) is 0 Å². The highest BCUT2D eigenvalue weighted by Crippen LogP contribution is 2.14. The molecule has 1 atom stereocenters. The third-order valence-corrected chi connectivity index (χ3v) is 2.49. The van der Waals surface area contributed by atoms with Gasteiger partial charge in [0.05, 0.1) is 18.5 Å². The Kier molecular flexibility index (Phi) is 4.34. The monoisotopic (exact) mass is 308 g/mol. The summed E-state index contributed by atoms with van der Waals surface area (Å²) in [4.78, 5) is 3.97. The molecule has 0 amide bonds. The van der Waals surface area contributed by atoms with Crippen molar-refractivity contribution in [1.29, 1.82) is 0 Å². The lowest BCUT2D eigenvalue weighted by molar-refractivity contribution is 0.187. The number of halogens is 1. The predicted octanol–water partition coefficient (Wildman–Crippen LogP) is 1.70. The van der Waals surface area contributed by atoms with Crippen LogP contribution in [0.5, 0.6) is 0 Å². The van der Waals surface area contributed by atoms with Gasteiger partial charge in [-0.3, -0.25) is 4.99 Å². The van der Waals surface area contributed by atoms with E-state index in [0.29, 0.717) is 12.4 Å². The molecule has 0 saturated carbocycles. The number of rotatable bonds is 3. The molecule has 3 nitrogen and oxygen atoms in total. The summed E-state index contributed by atoms with van der Waals surface area (Å²) < 4.78 is 1.15. The first-order chi connectivity index (χ1) is 6.59. The number of nitrogens with zero attached hydrogens (tertiary/aromatic N) is 1. The maximum Gasteiger partial charge on any atom is 0.0985 e. The molecule has 3 N–H and O–H groups in total. The number of amidine groups is 1. The van der Waals surface area contributed by atoms with Crippen molar-refractivity contribution in [2.45, 2.75) is 13.0 Å². The smallest absolute Gasteiger partial charge is 0.0985 e. The minimum atomic E-state index is -0.564. The van der Waals surface area contributed by atoms with E-state index in [9.17, 15) is 5.11 Å². The average Bonchev–Trinajstić information content (AvgIpc) is 2.15. The second kappa shape index (κ2) is 5.31. The summed E-state index contributed by atoms with van der Waals surface area (Å²) in [6.07, 6.45) is -0.564. The van der Waals surface area contributed by atoms with E-state index in [4.69, 9.17) is 5.73 Å². The summed E-state index contributed by atoms with van der Waals surface area (Å²) >= 11 is 2.22. The maximum absolute atomic E-state index is 9.70. The fraction of sp³-hybridized carbons (Fsp3) is 0.300. The topological polar surface area (TPSA) is 58.6 Å². The largest absolute Gasteiger partial charge is 0.388 e. The zero-order chi connectivity index (χ0) is 10.6. The van der Waals surface area contributed by atoms with Crippen molar-refractivity contribution >= 4 is 28.4 Å². The summed E-state index contributed by atoms with van der Waals surface area (Å²) in [7, 11) is 0. The summed E-state index contributed by atoms with van der Waals surface area (Å²) in [5.74, 6) is 0.495. The summed E-state index contributed by atoms with van der Waals surface area (Å²) in [6, 6.07) is 7.71. The van der Waals surface area contributed by atoms with Crippen molar-refractivity contribution in [1.82, 2.24) is 0 Å². The van der Waals surface area contributed by atoms with E-state index in [0.717, 1.165) is 9.13 Å². The van der Waals surface area contributed by atoms with Crippen LogP contribution in [0.25, 0.3) is 0 Å². The van der Waals surface area contributed by atoms with Crippen molar-refractivity contribution in [3.8, 4) is 0 Å². The van der Waals surface area contributed by atoms with E-state index in [2.05, 4.69) is 27.6 Å². The lowest BCUT2D eigenvalue weighted by Crippen LogP contribution is -2.09. The Morgan fingerprint density at radius 2 is 2.07 bits per heavy atom. The molecule has 0 bridgehead atoms. The summed E-state index contributed by atoms with van der Waals surface area (Å²) in [6.45, 7) is 2.03. The standard InChI is InChI=1S/C10H13IN2O/c1-7(12)13-6-10(14)8-2-4-9(11)5-3-8/h2-5,10,14H,6H2,1H3,(H2,12,13)/t10-/m0/s1/i11+4. The molecule has 1 aromatic carbocycles. The molecule has 0 aliphatic heterocycles. The number of aliphatic hydroxyl groups is 1. The third-order valence-electron chi connectivity index (χ3n) is 1.77. The van der Waals surface area contributed by atoms with Crippen LogP contribution in [0, 0.1) is 3.57 Å². The van der Waals surface area contributed by atoms with Crippen LogP contribution >= 0.6 is 22.6 Å². The van der Waals surface area contributed by atoms with Gasteiger partial charge in [-0.15, -0.1) is 0 Å². The van der Waals surface area contributed by atoms with Crippen LogP contribution in [0.3, 0.4) is 0 Å². The number of aliphatic imine (C=N–C) groups is 1. The van der Waals surface area contributed by atoms with Gasteiger partial charge in [0.1, 0.15) is 0 Å². The van der Waals surface area contributed by atoms with Crippen molar-refractivity contribution in [2.75, 3.05) is 6.54 Å². The zero-order valence-electron chi connectivity index (χ0n) is 7.94. The zero-order valence-corrected chi connectivity index (χ0v) is 10.1. The minimum absolute atomic E-state index is 0.322. The minimum Gasteiger partial charge on any atom is -0.388 e. The number of hydrogen-bond donors (Lipinski definition) is 2. The molecule has 0 fully saturated rings. The van der Waals surface area contributed by atoms with Gasteiger partial charge in [-0.1, -0.05) is 12.1 Å². The van der Waals surface area contributed by atoms with Crippen molar-refractivity contribution in [2.24, 2.45) is 10.7 Å². The van der Waals surface area contributed by atoms with Gasteiger partial charge in [-0.05, 0) is 47.2 Å². The van der Waals surface area contributed by atoms with Gasteiger partial charge >= 0.3 is 0 Å². The van der Waals surface area contributed by atoms with Gasteiger partial charge in [0.15, 0.2) is 0 Å². The molecule has 0 radical (unpaired) electrons. The fourth-order valence-electron chi connectivity index (χ4n) is 1.02. The highest BCUT2D eigenvalue weighted by atomic mass is 131. The molecular formula is C10H13IN2O. The molecule has 1 rings (SSSR count). The molecular weight excluding hydrogens is 295 g/mol. The van der Waals surface area contributed by atoms with Gasteiger partial charge < -0.3 is 10.8 Å². The Morgan fingerprint density at radius 1 is 1.50 bits per heavy atom. The number of aliphatic hydroxyl groups excluding tert-OH is 1. The molecule has 14 heavy (non-hydrogen) atoms. The van der Waals surface area contributed by atoms with Gasteiger partial charge in [0.25, 0.3) is 0 Å². The molecule has 0 aliphatic rings. The maximum atomic E-state index is 9.70. The molecule has 0 aromatic heterocycles. The second-order valence-corrected chi connectivity index (χ2v) is 4.30. The first-order valence-corrected chi connectivity index (χ1v) is 5.37. The third kappa shape index (κ3) is 3.63. The molecule has 76 valence electrons. The molecule has 1 aromatic rings. The van der Waals surface area contributed by atoms with Crippen LogP contribution in [-0.4, -0.2) is 17.5 Å². The highest BCUT2D eigenvalue weighted by molar-refractivity contribution is 14.1. The van der Waals surface area contributed by atoms with Crippen molar-refractivity contribution in [3.05, 3.63) is 33.4 Å². The molecule has 0 saturated heterocycles. The average molecular weight is 308 g/mol. The van der Waals surface area contributed by atoms with Crippen molar-refractivity contribution < 1.29 is 5.11 Å². The Balaban J connectivity index is 2.65. The summed E-state index contributed by atoms with van der Waals surface area (Å²) in [5, 5.41) is 9.70. The Labute approximate surface area is 97.2 Å². The van der Waals surface area contributed by atoms with E-state index in [1.165, 1.54) is 0 Å². The number of nitrogens with two attached hydrogens (primary N) is 1. The first-order valence-electron chi connectivity index (χ1n) is 4.29. The Hall–Kier alpha value is -0.620. The van der Waals surface area contributed by atoms with Crippen LogP contribution in [0.1, 0.15) is 18.6 Å². The van der Waals surface area contributed by atoms with Crippen LogP contribution in [0.2, 0.25) is 0 Å². The summed E-state index contributed by atoms with van der Waals surface area (Å²) in [5.41, 5.74) is 6.25. The number of benzene rings is 1. The van der Waals surface area contributed by atoms with Gasteiger partial charge in [-0.25, -0.2) is 0 Å². The van der Waals surface area contributed by atoms with Gasteiger partial charge in [0.2, 0.25) is 0 Å². The fourth-order valence-corrected chi connectivity index (χ4v) is 1.38. The van der Waals surface area contributed by atoms with E-state index < -0.39 is 6.10 Å². The molecule has 0 spiro atoms. The van der Waals surface area contributed by atoms with Crippen LogP contribution < -0.4 is 5.73 Å². The number of hydrogen-bond acceptors (Lipinski definition) is 2. The van der Waals surface area contributed by atoms with Crippen LogP contribution in [0.15, 0.2) is 29.3 Å². The van der Waals surface area contributed by atoms with Crippen LogP contribution in [-0.2, 0) is 0 Å². The molecule has 0 aliphatic carbocycles. The van der Waals surface area contributed by atoms with Crippen LogP contribution in [0.4, 0.5) is 0 Å². The van der Waals surface area contributed by atoms with Gasteiger partial charge in [-0.2, -0.15) is 0 Å². The molecule has 4 heteroatoms. The lowest BCUT2D eigenvalue weighted by atomic mass is 10.1. The Bertz CT molecular complexity index is 317. The highest BCUT2D eigenvalue weighted by Gasteiger charge is 2.05. The normalized spacial score (nSPS) is 14.1. The van der Waals surface area contributed by atoms with E-state index in [-0.39, 0.29) is 0 Å². The molecule has 0 unspecified atom stereocenters. The predicted molar refractivity (Wildman–Crippen MR) is 66.3 cm³/mol. The van der Waals surface area contributed by atoms with E-state index in [1.807, 2.05) is 24.3 Å². The molecule has 0 heterocycles. The van der Waals surface area contributed by atoms with E-state index >= 15 is 0 Å². The van der Waals surface area contributed by atoms with E-state index in [1.54, 1.807) is 6.92 Å². The quantitative estimate of drug-likeness (QED) is 0.507. The SMILES string of the molecule is CC(N)=NC[C@H](O)c1ccc([131I])cc1. The van der Waals surface area contributed by atoms with Gasteiger partial charge in [0, 0.05) is 3.57 Å². The first kappa shape index (κ1) is 11.5. The lowest BCUT2D eigenvalue weighted by Gasteiger charge is -2.08. The second-order valence-electron chi connectivity index (χ2n) is 3.05. The Morgan fingerprint density at radius 3 is 2.57 bits per heavy atom.